The second kappa shape index (κ2) is 7.07. The lowest BCUT2D eigenvalue weighted by molar-refractivity contribution is 0.0919. The van der Waals surface area contributed by atoms with E-state index in [0.717, 1.165) is 37.6 Å². The fraction of sp³-hybridized carbons (Fsp3) is 0.500. The molecular formula is C18H25N3O. The van der Waals surface area contributed by atoms with Crippen molar-refractivity contribution in [3.63, 3.8) is 0 Å². The predicted molar refractivity (Wildman–Crippen MR) is 88.7 cm³/mol. The maximum absolute atomic E-state index is 9.85. The van der Waals surface area contributed by atoms with E-state index in [9.17, 15) is 5.11 Å². The summed E-state index contributed by atoms with van der Waals surface area (Å²) in [6.45, 7) is 4.88. The van der Waals surface area contributed by atoms with Gasteiger partial charge < -0.3 is 15.0 Å². The SMILES string of the molecule is CC[C@@H](O)CN1CCCC(c2ncc(-c3ccccc3)[nH]2)C1. The lowest BCUT2D eigenvalue weighted by Crippen LogP contribution is -2.39. The molecule has 1 saturated heterocycles. The van der Waals surface area contributed by atoms with E-state index in [4.69, 9.17) is 0 Å². The third-order valence-corrected chi connectivity index (χ3v) is 4.51. The molecule has 0 aliphatic carbocycles. The molecular weight excluding hydrogens is 274 g/mol. The maximum atomic E-state index is 9.85. The van der Waals surface area contributed by atoms with E-state index in [1.807, 2.05) is 31.3 Å². The number of likely N-dealkylation sites (tertiary alicyclic amines) is 1. The van der Waals surface area contributed by atoms with Crippen LogP contribution in [0.25, 0.3) is 11.3 Å². The quantitative estimate of drug-likeness (QED) is 0.892. The zero-order valence-electron chi connectivity index (χ0n) is 13.2. The van der Waals surface area contributed by atoms with E-state index in [0.29, 0.717) is 5.92 Å². The molecule has 2 heterocycles. The zero-order valence-corrected chi connectivity index (χ0v) is 13.2. The van der Waals surface area contributed by atoms with Crippen molar-refractivity contribution >= 4 is 0 Å². The molecule has 0 radical (unpaired) electrons. The van der Waals surface area contributed by atoms with Crippen LogP contribution in [0.2, 0.25) is 0 Å². The van der Waals surface area contributed by atoms with E-state index < -0.39 is 0 Å². The van der Waals surface area contributed by atoms with Gasteiger partial charge in [-0.2, -0.15) is 0 Å². The van der Waals surface area contributed by atoms with Gasteiger partial charge >= 0.3 is 0 Å². The largest absolute Gasteiger partial charge is 0.392 e. The Kier molecular flexibility index (Phi) is 4.90. The number of piperidine rings is 1. The van der Waals surface area contributed by atoms with Gasteiger partial charge in [-0.05, 0) is 31.4 Å². The van der Waals surface area contributed by atoms with E-state index in [1.165, 1.54) is 18.4 Å². The molecule has 0 amide bonds. The van der Waals surface area contributed by atoms with Crippen LogP contribution in [-0.2, 0) is 0 Å². The van der Waals surface area contributed by atoms with Gasteiger partial charge in [0.1, 0.15) is 5.82 Å². The van der Waals surface area contributed by atoms with E-state index in [-0.39, 0.29) is 6.10 Å². The Morgan fingerprint density at radius 3 is 2.95 bits per heavy atom. The summed E-state index contributed by atoms with van der Waals surface area (Å²) in [6.07, 6.45) is 4.88. The van der Waals surface area contributed by atoms with Gasteiger partial charge in [-0.25, -0.2) is 4.98 Å². The first-order chi connectivity index (χ1) is 10.8. The fourth-order valence-electron chi connectivity index (χ4n) is 3.18. The van der Waals surface area contributed by atoms with Crippen LogP contribution in [0, 0.1) is 0 Å². The molecule has 0 saturated carbocycles. The summed E-state index contributed by atoms with van der Waals surface area (Å²) in [6, 6.07) is 10.3. The molecule has 3 rings (SSSR count). The van der Waals surface area contributed by atoms with Gasteiger partial charge in [0.15, 0.2) is 0 Å². The number of hydrogen-bond acceptors (Lipinski definition) is 3. The molecule has 4 nitrogen and oxygen atoms in total. The molecule has 1 aromatic carbocycles. The van der Waals surface area contributed by atoms with Gasteiger partial charge in [-0.1, -0.05) is 37.3 Å². The molecule has 1 aliphatic heterocycles. The Morgan fingerprint density at radius 1 is 1.36 bits per heavy atom. The number of aliphatic hydroxyl groups excluding tert-OH is 1. The molecule has 1 aliphatic rings. The minimum Gasteiger partial charge on any atom is -0.392 e. The molecule has 0 spiro atoms. The number of β-amino-alcohol motifs (C(OH)–C–C–N with tert-alkyl or cyclic N) is 1. The molecule has 22 heavy (non-hydrogen) atoms. The van der Waals surface area contributed by atoms with E-state index >= 15 is 0 Å². The number of nitrogens with one attached hydrogen (secondary N) is 1. The maximum Gasteiger partial charge on any atom is 0.110 e. The van der Waals surface area contributed by atoms with Crippen molar-refractivity contribution in [2.45, 2.75) is 38.2 Å². The smallest absolute Gasteiger partial charge is 0.110 e. The number of aromatic nitrogens is 2. The minimum absolute atomic E-state index is 0.213. The molecule has 1 unspecified atom stereocenters. The molecule has 1 aromatic heterocycles. The van der Waals surface area contributed by atoms with E-state index in [1.54, 1.807) is 0 Å². The van der Waals surface area contributed by atoms with Crippen molar-refractivity contribution in [3.8, 4) is 11.3 Å². The predicted octanol–water partition coefficient (Wildman–Crippen LogP) is 3.03. The first-order valence-corrected chi connectivity index (χ1v) is 8.27. The number of H-pyrrole nitrogens is 1. The second-order valence-corrected chi connectivity index (χ2v) is 6.21. The van der Waals surface area contributed by atoms with Crippen molar-refractivity contribution in [3.05, 3.63) is 42.4 Å². The number of benzene rings is 1. The lowest BCUT2D eigenvalue weighted by atomic mass is 9.97. The van der Waals surface area contributed by atoms with Crippen LogP contribution in [0.1, 0.15) is 37.9 Å². The van der Waals surface area contributed by atoms with Crippen LogP contribution < -0.4 is 0 Å². The molecule has 0 bridgehead atoms. The molecule has 1 fully saturated rings. The van der Waals surface area contributed by atoms with Gasteiger partial charge in [0.25, 0.3) is 0 Å². The average Bonchev–Trinajstić information content (AvgIpc) is 3.06. The van der Waals surface area contributed by atoms with Gasteiger partial charge in [-0.15, -0.1) is 0 Å². The Morgan fingerprint density at radius 2 is 2.18 bits per heavy atom. The summed E-state index contributed by atoms with van der Waals surface area (Å²) in [7, 11) is 0. The third-order valence-electron chi connectivity index (χ3n) is 4.51. The summed E-state index contributed by atoms with van der Waals surface area (Å²) in [5, 5.41) is 9.85. The lowest BCUT2D eigenvalue weighted by Gasteiger charge is -2.32. The van der Waals surface area contributed by atoms with E-state index in [2.05, 4.69) is 27.0 Å². The molecule has 4 heteroatoms. The molecule has 2 atom stereocenters. The number of nitrogens with zero attached hydrogens (tertiary/aromatic N) is 2. The van der Waals surface area contributed by atoms with Gasteiger partial charge in [-0.3, -0.25) is 0 Å². The van der Waals surface area contributed by atoms with Gasteiger partial charge in [0.2, 0.25) is 0 Å². The summed E-state index contributed by atoms with van der Waals surface area (Å²) in [5.41, 5.74) is 2.26. The van der Waals surface area contributed by atoms with Crippen LogP contribution in [0.15, 0.2) is 36.5 Å². The molecule has 2 N–H and O–H groups in total. The molecule has 2 aromatic rings. The number of rotatable bonds is 5. The Hall–Kier alpha value is -1.65. The van der Waals surface area contributed by atoms with Gasteiger partial charge in [0, 0.05) is 19.0 Å². The van der Waals surface area contributed by atoms with Crippen molar-refractivity contribution in [2.75, 3.05) is 19.6 Å². The topological polar surface area (TPSA) is 52.1 Å². The van der Waals surface area contributed by atoms with Crippen LogP contribution in [-0.4, -0.2) is 45.7 Å². The highest BCUT2D eigenvalue weighted by Crippen LogP contribution is 2.27. The normalized spacial score (nSPS) is 20.9. The zero-order chi connectivity index (χ0) is 15.4. The number of imidazole rings is 1. The highest BCUT2D eigenvalue weighted by Gasteiger charge is 2.24. The van der Waals surface area contributed by atoms with Crippen LogP contribution in [0.4, 0.5) is 0 Å². The standard InChI is InChI=1S/C18H25N3O/c1-2-16(22)13-21-10-6-9-15(12-21)18-19-11-17(20-18)14-7-4-3-5-8-14/h3-5,7-8,11,15-16,22H,2,6,9-10,12-13H2,1H3,(H,19,20)/t15?,16-/m1/s1. The Balaban J connectivity index is 1.68. The Labute approximate surface area is 132 Å². The second-order valence-electron chi connectivity index (χ2n) is 6.21. The number of aliphatic hydroxyl groups is 1. The highest BCUT2D eigenvalue weighted by atomic mass is 16.3. The van der Waals surface area contributed by atoms with Crippen molar-refractivity contribution < 1.29 is 5.11 Å². The first kappa shape index (κ1) is 15.3. The number of aromatic amines is 1. The first-order valence-electron chi connectivity index (χ1n) is 8.27. The molecule has 118 valence electrons. The monoisotopic (exact) mass is 299 g/mol. The Bertz CT molecular complexity index is 581. The fourth-order valence-corrected chi connectivity index (χ4v) is 3.18. The van der Waals surface area contributed by atoms with Crippen LogP contribution in [0.3, 0.4) is 0 Å². The third kappa shape index (κ3) is 3.57. The summed E-state index contributed by atoms with van der Waals surface area (Å²) in [5.74, 6) is 1.52. The number of hydrogen-bond donors (Lipinski definition) is 2. The van der Waals surface area contributed by atoms with Crippen molar-refractivity contribution in [1.82, 2.24) is 14.9 Å². The van der Waals surface area contributed by atoms with Crippen molar-refractivity contribution in [2.24, 2.45) is 0 Å². The van der Waals surface area contributed by atoms with Crippen molar-refractivity contribution in [1.29, 1.82) is 0 Å². The summed E-state index contributed by atoms with van der Waals surface area (Å²) < 4.78 is 0. The van der Waals surface area contributed by atoms with Crippen LogP contribution in [0.5, 0.6) is 0 Å². The summed E-state index contributed by atoms with van der Waals surface area (Å²) >= 11 is 0. The average molecular weight is 299 g/mol. The van der Waals surface area contributed by atoms with Crippen LogP contribution >= 0.6 is 0 Å². The summed E-state index contributed by atoms with van der Waals surface area (Å²) in [4.78, 5) is 10.5. The highest BCUT2D eigenvalue weighted by molar-refractivity contribution is 5.58. The van der Waals surface area contributed by atoms with Gasteiger partial charge in [0.05, 0.1) is 18.0 Å². The minimum atomic E-state index is -0.213.